The van der Waals surface area contributed by atoms with Crippen LogP contribution in [0.15, 0.2) is 78.6 Å². The lowest BCUT2D eigenvalue weighted by atomic mass is 9.95. The summed E-state index contributed by atoms with van der Waals surface area (Å²) in [5.74, 6) is -0.452. The number of likely N-dealkylation sites (tertiary alicyclic amines) is 1. The smallest absolute Gasteiger partial charge is 0.295 e. The second-order valence-corrected chi connectivity index (χ2v) is 7.29. The highest BCUT2D eigenvalue weighted by atomic mass is 16.5. The number of aromatic nitrogens is 1. The van der Waals surface area contributed by atoms with E-state index in [1.54, 1.807) is 87.3 Å². The van der Waals surface area contributed by atoms with Crippen LogP contribution >= 0.6 is 0 Å². The Hall–Kier alpha value is -4.13. The van der Waals surface area contributed by atoms with E-state index in [4.69, 9.17) is 9.47 Å². The number of benzene rings is 2. The minimum atomic E-state index is -0.777. The summed E-state index contributed by atoms with van der Waals surface area (Å²) < 4.78 is 10.5. The maximum Gasteiger partial charge on any atom is 0.295 e. The molecular weight excluding hydrogens is 408 g/mol. The molecule has 162 valence electrons. The monoisotopic (exact) mass is 430 g/mol. The van der Waals surface area contributed by atoms with Crippen LogP contribution in [0.1, 0.15) is 22.7 Å². The van der Waals surface area contributed by atoms with Gasteiger partial charge in [0, 0.05) is 24.5 Å². The Morgan fingerprint density at radius 3 is 2.31 bits per heavy atom. The zero-order valence-electron chi connectivity index (χ0n) is 17.7. The quantitative estimate of drug-likeness (QED) is 0.364. The molecule has 1 aliphatic rings. The third-order valence-corrected chi connectivity index (χ3v) is 5.42. The number of ether oxygens (including phenoxy) is 2. The number of carbonyl (C=O) groups excluding carboxylic acids is 2. The number of rotatable bonds is 6. The Morgan fingerprint density at radius 2 is 1.66 bits per heavy atom. The molecule has 2 aromatic carbocycles. The van der Waals surface area contributed by atoms with Crippen LogP contribution in [0.2, 0.25) is 0 Å². The van der Waals surface area contributed by atoms with Gasteiger partial charge in [-0.15, -0.1) is 0 Å². The summed E-state index contributed by atoms with van der Waals surface area (Å²) in [5.41, 5.74) is 1.93. The Balaban J connectivity index is 1.85. The second-order valence-electron chi connectivity index (χ2n) is 7.29. The molecule has 0 spiro atoms. The predicted molar refractivity (Wildman–Crippen MR) is 118 cm³/mol. The highest BCUT2D eigenvalue weighted by Crippen LogP contribution is 2.41. The van der Waals surface area contributed by atoms with Crippen molar-refractivity contribution in [1.82, 2.24) is 9.88 Å². The maximum absolute atomic E-state index is 13.1. The number of methoxy groups -OCH3 is 2. The number of amides is 1. The van der Waals surface area contributed by atoms with E-state index in [1.807, 2.05) is 0 Å². The molecule has 1 N–H and O–H groups in total. The van der Waals surface area contributed by atoms with Gasteiger partial charge in [0.15, 0.2) is 0 Å². The van der Waals surface area contributed by atoms with Gasteiger partial charge in [-0.25, -0.2) is 0 Å². The highest BCUT2D eigenvalue weighted by molar-refractivity contribution is 6.46. The van der Waals surface area contributed by atoms with Crippen LogP contribution in [0.25, 0.3) is 5.76 Å². The first-order chi connectivity index (χ1) is 15.5. The molecule has 3 aromatic rings. The third kappa shape index (κ3) is 3.92. The van der Waals surface area contributed by atoms with Crippen LogP contribution in [0.3, 0.4) is 0 Å². The summed E-state index contributed by atoms with van der Waals surface area (Å²) in [5, 5.41) is 11.1. The molecule has 1 fully saturated rings. The van der Waals surface area contributed by atoms with Crippen molar-refractivity contribution in [1.29, 1.82) is 0 Å². The summed E-state index contributed by atoms with van der Waals surface area (Å²) in [4.78, 5) is 31.6. The SMILES string of the molecule is COc1ccc(/C(O)=C2/C(=O)C(=O)N(Cc3ccncc3)C2c2cccc(OC)c2)cc1. The average molecular weight is 430 g/mol. The van der Waals surface area contributed by atoms with E-state index >= 15 is 0 Å². The lowest BCUT2D eigenvalue weighted by Crippen LogP contribution is -2.29. The summed E-state index contributed by atoms with van der Waals surface area (Å²) in [6.45, 7) is 0.189. The van der Waals surface area contributed by atoms with Gasteiger partial charge in [-0.3, -0.25) is 14.6 Å². The van der Waals surface area contributed by atoms with Crippen LogP contribution in [-0.2, 0) is 16.1 Å². The van der Waals surface area contributed by atoms with Gasteiger partial charge in [-0.2, -0.15) is 0 Å². The molecule has 0 saturated carbocycles. The molecule has 0 aliphatic carbocycles. The Kier molecular flexibility index (Phi) is 5.89. The number of hydrogen-bond donors (Lipinski definition) is 1. The van der Waals surface area contributed by atoms with Crippen molar-refractivity contribution in [3.63, 3.8) is 0 Å². The van der Waals surface area contributed by atoms with Gasteiger partial charge >= 0.3 is 0 Å². The maximum atomic E-state index is 13.1. The second kappa shape index (κ2) is 8.93. The van der Waals surface area contributed by atoms with Crippen LogP contribution < -0.4 is 9.47 Å². The minimum absolute atomic E-state index is 0.0301. The van der Waals surface area contributed by atoms with Gasteiger partial charge in [0.1, 0.15) is 17.3 Å². The summed E-state index contributed by atoms with van der Waals surface area (Å²) in [6.07, 6.45) is 3.26. The van der Waals surface area contributed by atoms with E-state index in [-0.39, 0.29) is 17.9 Å². The molecule has 7 nitrogen and oxygen atoms in total. The Morgan fingerprint density at radius 1 is 0.969 bits per heavy atom. The highest BCUT2D eigenvalue weighted by Gasteiger charge is 2.46. The lowest BCUT2D eigenvalue weighted by Gasteiger charge is -2.25. The lowest BCUT2D eigenvalue weighted by molar-refractivity contribution is -0.140. The molecule has 0 radical (unpaired) electrons. The normalized spacial score (nSPS) is 17.4. The molecular formula is C25H22N2O5. The number of nitrogens with zero attached hydrogens (tertiary/aromatic N) is 2. The van der Waals surface area contributed by atoms with E-state index in [2.05, 4.69) is 4.98 Å². The Bertz CT molecular complexity index is 1170. The van der Waals surface area contributed by atoms with Gasteiger partial charge in [0.2, 0.25) is 0 Å². The van der Waals surface area contributed by atoms with Crippen molar-refractivity contribution in [3.05, 3.63) is 95.3 Å². The molecule has 1 aromatic heterocycles. The fourth-order valence-corrected chi connectivity index (χ4v) is 3.79. The largest absolute Gasteiger partial charge is 0.507 e. The van der Waals surface area contributed by atoms with Gasteiger partial charge < -0.3 is 19.5 Å². The number of aliphatic hydroxyl groups excluding tert-OH is 1. The number of hydrogen-bond acceptors (Lipinski definition) is 6. The number of ketones is 1. The van der Waals surface area contributed by atoms with E-state index in [1.165, 1.54) is 4.90 Å². The number of aliphatic hydroxyl groups is 1. The van der Waals surface area contributed by atoms with Gasteiger partial charge in [-0.05, 0) is 59.7 Å². The Labute approximate surface area is 185 Å². The van der Waals surface area contributed by atoms with Crippen molar-refractivity contribution in [2.24, 2.45) is 0 Å². The third-order valence-electron chi connectivity index (χ3n) is 5.42. The molecule has 1 atom stereocenters. The summed E-state index contributed by atoms with van der Waals surface area (Å²) in [7, 11) is 3.09. The minimum Gasteiger partial charge on any atom is -0.507 e. The molecule has 0 bridgehead atoms. The first kappa shape index (κ1) is 21.1. The van der Waals surface area contributed by atoms with Crippen molar-refractivity contribution >= 4 is 17.4 Å². The van der Waals surface area contributed by atoms with Gasteiger partial charge in [0.25, 0.3) is 11.7 Å². The number of pyridine rings is 1. The van der Waals surface area contributed by atoms with Crippen molar-refractivity contribution in [2.45, 2.75) is 12.6 Å². The molecule has 1 saturated heterocycles. The van der Waals surface area contributed by atoms with E-state index in [9.17, 15) is 14.7 Å². The molecule has 1 unspecified atom stereocenters. The predicted octanol–water partition coefficient (Wildman–Crippen LogP) is 3.72. The van der Waals surface area contributed by atoms with Crippen molar-refractivity contribution in [2.75, 3.05) is 14.2 Å². The first-order valence-electron chi connectivity index (χ1n) is 9.99. The average Bonchev–Trinajstić information content (AvgIpc) is 3.09. The fourth-order valence-electron chi connectivity index (χ4n) is 3.79. The zero-order chi connectivity index (χ0) is 22.7. The molecule has 2 heterocycles. The standard InChI is InChI=1S/C25H22N2O5/c1-31-19-8-6-17(7-9-19)23(28)21-22(18-4-3-5-20(14-18)32-2)27(25(30)24(21)29)15-16-10-12-26-13-11-16/h3-14,22,28H,15H2,1-2H3/b23-21-. The first-order valence-corrected chi connectivity index (χ1v) is 9.99. The summed E-state index contributed by atoms with van der Waals surface area (Å²) in [6, 6.07) is 16.6. The number of Topliss-reactive ketones (excluding diaryl/α,β-unsaturated/α-hetero) is 1. The molecule has 1 aliphatic heterocycles. The van der Waals surface area contributed by atoms with Gasteiger partial charge in [0.05, 0.1) is 25.8 Å². The molecule has 7 heteroatoms. The van der Waals surface area contributed by atoms with E-state index < -0.39 is 17.7 Å². The van der Waals surface area contributed by atoms with E-state index in [0.717, 1.165) is 5.56 Å². The molecule has 4 rings (SSSR count). The van der Waals surface area contributed by atoms with Crippen LogP contribution in [0.4, 0.5) is 0 Å². The topological polar surface area (TPSA) is 89.0 Å². The van der Waals surface area contributed by atoms with Crippen LogP contribution in [0, 0.1) is 0 Å². The molecule has 32 heavy (non-hydrogen) atoms. The molecule has 1 amide bonds. The van der Waals surface area contributed by atoms with E-state index in [0.29, 0.717) is 22.6 Å². The fraction of sp³-hybridized carbons (Fsp3) is 0.160. The van der Waals surface area contributed by atoms with Crippen LogP contribution in [-0.4, -0.2) is 40.9 Å². The van der Waals surface area contributed by atoms with Crippen LogP contribution in [0.5, 0.6) is 11.5 Å². The van der Waals surface area contributed by atoms with Crippen molar-refractivity contribution in [3.8, 4) is 11.5 Å². The summed E-state index contributed by atoms with van der Waals surface area (Å²) >= 11 is 0. The van der Waals surface area contributed by atoms with Crippen molar-refractivity contribution < 1.29 is 24.2 Å². The zero-order valence-corrected chi connectivity index (χ0v) is 17.7. The number of carbonyl (C=O) groups is 2. The van der Waals surface area contributed by atoms with Gasteiger partial charge in [-0.1, -0.05) is 12.1 Å².